The zero-order chi connectivity index (χ0) is 16.0. The average Bonchev–Trinajstić information content (AvgIpc) is 2.63. The van der Waals surface area contributed by atoms with Crippen LogP contribution in [0.3, 0.4) is 0 Å². The maximum Gasteiger partial charge on any atom is 0.0956 e. The van der Waals surface area contributed by atoms with Crippen LogP contribution in [0.1, 0.15) is 24.0 Å². The largest absolute Gasteiger partial charge is 0.394 e. The lowest BCUT2D eigenvalue weighted by Gasteiger charge is -2.42. The molecule has 0 unspecified atom stereocenters. The molecular formula is C20H25NO2. The minimum atomic E-state index is -0.253. The summed E-state index contributed by atoms with van der Waals surface area (Å²) in [5.74, 6) is 0. The van der Waals surface area contributed by atoms with Gasteiger partial charge in [0.05, 0.1) is 18.8 Å². The lowest BCUT2D eigenvalue weighted by Crippen LogP contribution is -2.44. The van der Waals surface area contributed by atoms with Gasteiger partial charge in [0.25, 0.3) is 0 Å². The molecule has 1 fully saturated rings. The van der Waals surface area contributed by atoms with E-state index >= 15 is 0 Å². The van der Waals surface area contributed by atoms with E-state index in [4.69, 9.17) is 9.84 Å². The number of piperidine rings is 1. The standard InChI is InChI=1S/C20H25NO2/c22-15-16-23-20(19-9-5-2-6-10-19)11-13-21(14-12-20)17-18-7-3-1-4-8-18/h1-10,22H,11-17H2. The minimum absolute atomic E-state index is 0.0717. The third kappa shape index (κ3) is 3.99. The van der Waals surface area contributed by atoms with E-state index in [-0.39, 0.29) is 12.2 Å². The van der Waals surface area contributed by atoms with Crippen molar-refractivity contribution in [1.29, 1.82) is 0 Å². The minimum Gasteiger partial charge on any atom is -0.394 e. The number of aliphatic hydroxyl groups excluding tert-OH is 1. The Morgan fingerprint density at radius 2 is 1.52 bits per heavy atom. The summed E-state index contributed by atoms with van der Waals surface area (Å²) < 4.78 is 6.13. The van der Waals surface area contributed by atoms with Crippen LogP contribution in [-0.2, 0) is 16.9 Å². The fourth-order valence-electron chi connectivity index (χ4n) is 3.41. The van der Waals surface area contributed by atoms with Crippen molar-refractivity contribution >= 4 is 0 Å². The van der Waals surface area contributed by atoms with E-state index in [0.29, 0.717) is 6.61 Å². The second kappa shape index (κ2) is 7.73. The average molecular weight is 311 g/mol. The number of ether oxygens (including phenoxy) is 1. The first-order chi connectivity index (χ1) is 11.3. The molecule has 0 bridgehead atoms. The fraction of sp³-hybridized carbons (Fsp3) is 0.400. The Hall–Kier alpha value is -1.68. The Balaban J connectivity index is 1.67. The summed E-state index contributed by atoms with van der Waals surface area (Å²) in [4.78, 5) is 2.48. The van der Waals surface area contributed by atoms with Gasteiger partial charge in [0.15, 0.2) is 0 Å². The highest BCUT2D eigenvalue weighted by Crippen LogP contribution is 2.37. The molecule has 3 nitrogen and oxygen atoms in total. The van der Waals surface area contributed by atoms with Crippen LogP contribution in [0.4, 0.5) is 0 Å². The molecule has 2 aromatic carbocycles. The molecule has 0 aliphatic carbocycles. The molecule has 2 aromatic rings. The number of benzene rings is 2. The van der Waals surface area contributed by atoms with Crippen molar-refractivity contribution in [2.24, 2.45) is 0 Å². The Bertz CT molecular complexity index is 577. The van der Waals surface area contributed by atoms with E-state index in [0.717, 1.165) is 32.5 Å². The molecule has 23 heavy (non-hydrogen) atoms. The Kier molecular flexibility index (Phi) is 5.44. The van der Waals surface area contributed by atoms with Crippen molar-refractivity contribution in [3.63, 3.8) is 0 Å². The first kappa shape index (κ1) is 16.2. The van der Waals surface area contributed by atoms with Crippen LogP contribution in [0.5, 0.6) is 0 Å². The molecule has 0 aromatic heterocycles. The van der Waals surface area contributed by atoms with Crippen LogP contribution in [0.2, 0.25) is 0 Å². The van der Waals surface area contributed by atoms with Crippen molar-refractivity contribution < 1.29 is 9.84 Å². The third-order valence-electron chi connectivity index (χ3n) is 4.68. The highest BCUT2D eigenvalue weighted by atomic mass is 16.5. The van der Waals surface area contributed by atoms with Gasteiger partial charge in [-0.25, -0.2) is 0 Å². The van der Waals surface area contributed by atoms with Gasteiger partial charge in [-0.3, -0.25) is 4.90 Å². The summed E-state index contributed by atoms with van der Waals surface area (Å²) in [6, 6.07) is 21.1. The molecule has 1 aliphatic rings. The molecule has 1 aliphatic heterocycles. The summed E-state index contributed by atoms with van der Waals surface area (Å²) in [5, 5.41) is 9.17. The Morgan fingerprint density at radius 3 is 2.13 bits per heavy atom. The number of hydrogen-bond acceptors (Lipinski definition) is 3. The van der Waals surface area contributed by atoms with Crippen molar-refractivity contribution in [2.45, 2.75) is 25.0 Å². The van der Waals surface area contributed by atoms with Gasteiger partial charge in [-0.15, -0.1) is 0 Å². The van der Waals surface area contributed by atoms with Gasteiger partial charge >= 0.3 is 0 Å². The monoisotopic (exact) mass is 311 g/mol. The van der Waals surface area contributed by atoms with E-state index in [2.05, 4.69) is 59.5 Å². The maximum absolute atomic E-state index is 9.17. The molecule has 0 saturated carbocycles. The van der Waals surface area contributed by atoms with E-state index in [9.17, 15) is 0 Å². The lowest BCUT2D eigenvalue weighted by atomic mass is 9.84. The summed E-state index contributed by atoms with van der Waals surface area (Å²) in [6.07, 6.45) is 1.92. The Labute approximate surface area is 138 Å². The molecule has 0 spiro atoms. The zero-order valence-corrected chi connectivity index (χ0v) is 13.5. The maximum atomic E-state index is 9.17. The number of nitrogens with zero attached hydrogens (tertiary/aromatic N) is 1. The quantitative estimate of drug-likeness (QED) is 0.889. The van der Waals surface area contributed by atoms with Gasteiger partial charge in [0.2, 0.25) is 0 Å². The normalized spacial score (nSPS) is 18.0. The van der Waals surface area contributed by atoms with Gasteiger partial charge in [0.1, 0.15) is 0 Å². The molecule has 1 heterocycles. The van der Waals surface area contributed by atoms with Crippen LogP contribution in [0, 0.1) is 0 Å². The number of likely N-dealkylation sites (tertiary alicyclic amines) is 1. The van der Waals surface area contributed by atoms with Crippen LogP contribution < -0.4 is 0 Å². The molecule has 0 atom stereocenters. The molecule has 3 heteroatoms. The van der Waals surface area contributed by atoms with E-state index in [1.807, 2.05) is 6.07 Å². The van der Waals surface area contributed by atoms with Gasteiger partial charge < -0.3 is 9.84 Å². The van der Waals surface area contributed by atoms with Gasteiger partial charge in [-0.2, -0.15) is 0 Å². The van der Waals surface area contributed by atoms with Crippen molar-refractivity contribution in [3.05, 3.63) is 71.8 Å². The van der Waals surface area contributed by atoms with Gasteiger partial charge in [-0.1, -0.05) is 60.7 Å². The second-order valence-corrected chi connectivity index (χ2v) is 6.19. The smallest absolute Gasteiger partial charge is 0.0956 e. The van der Waals surface area contributed by atoms with Gasteiger partial charge in [0, 0.05) is 19.6 Å². The molecule has 1 saturated heterocycles. The zero-order valence-electron chi connectivity index (χ0n) is 13.5. The molecule has 1 N–H and O–H groups in total. The summed E-state index contributed by atoms with van der Waals surface area (Å²) >= 11 is 0. The molecule has 0 amide bonds. The number of hydrogen-bond donors (Lipinski definition) is 1. The Morgan fingerprint density at radius 1 is 0.913 bits per heavy atom. The highest BCUT2D eigenvalue weighted by Gasteiger charge is 2.36. The van der Waals surface area contributed by atoms with Crippen LogP contribution in [0.15, 0.2) is 60.7 Å². The van der Waals surface area contributed by atoms with E-state index < -0.39 is 0 Å². The van der Waals surface area contributed by atoms with E-state index in [1.165, 1.54) is 11.1 Å². The van der Waals surface area contributed by atoms with Crippen LogP contribution >= 0.6 is 0 Å². The van der Waals surface area contributed by atoms with E-state index in [1.54, 1.807) is 0 Å². The summed E-state index contributed by atoms with van der Waals surface area (Å²) in [7, 11) is 0. The second-order valence-electron chi connectivity index (χ2n) is 6.19. The predicted octanol–water partition coefficient (Wildman–Crippen LogP) is 3.19. The van der Waals surface area contributed by atoms with Crippen LogP contribution in [0.25, 0.3) is 0 Å². The fourth-order valence-corrected chi connectivity index (χ4v) is 3.41. The topological polar surface area (TPSA) is 32.7 Å². The summed E-state index contributed by atoms with van der Waals surface area (Å²) in [5.41, 5.74) is 2.33. The van der Waals surface area contributed by atoms with Crippen molar-refractivity contribution in [3.8, 4) is 0 Å². The molecule has 3 rings (SSSR count). The number of aliphatic hydroxyl groups is 1. The lowest BCUT2D eigenvalue weighted by molar-refractivity contribution is -0.0994. The van der Waals surface area contributed by atoms with Gasteiger partial charge in [-0.05, 0) is 24.0 Å². The molecular weight excluding hydrogens is 286 g/mol. The predicted molar refractivity (Wildman–Crippen MR) is 92.1 cm³/mol. The SMILES string of the molecule is OCCOC1(c2ccccc2)CCN(Cc2ccccc2)CC1. The van der Waals surface area contributed by atoms with Crippen molar-refractivity contribution in [2.75, 3.05) is 26.3 Å². The highest BCUT2D eigenvalue weighted by molar-refractivity contribution is 5.24. The molecule has 0 radical (unpaired) electrons. The number of rotatable bonds is 6. The van der Waals surface area contributed by atoms with Crippen molar-refractivity contribution in [1.82, 2.24) is 4.90 Å². The summed E-state index contributed by atoms with van der Waals surface area (Å²) in [6.45, 7) is 3.48. The molecule has 122 valence electrons. The first-order valence-electron chi connectivity index (χ1n) is 8.39. The van der Waals surface area contributed by atoms with Crippen LogP contribution in [-0.4, -0.2) is 36.3 Å². The third-order valence-corrected chi connectivity index (χ3v) is 4.68. The first-order valence-corrected chi connectivity index (χ1v) is 8.39.